The van der Waals surface area contributed by atoms with E-state index in [1.807, 2.05) is 0 Å². The molecule has 4 rings (SSSR count). The molecule has 0 amide bonds. The highest BCUT2D eigenvalue weighted by Crippen LogP contribution is 2.39. The number of piperidine rings is 1. The Morgan fingerprint density at radius 3 is 2.21 bits per heavy atom. The first kappa shape index (κ1) is 19.3. The number of hydrogen-bond donors (Lipinski definition) is 0. The predicted octanol–water partition coefficient (Wildman–Crippen LogP) is 5.87. The van der Waals surface area contributed by atoms with Gasteiger partial charge in [0, 0.05) is 30.4 Å². The van der Waals surface area contributed by atoms with Crippen molar-refractivity contribution in [1.82, 2.24) is 4.90 Å². The van der Waals surface area contributed by atoms with Crippen molar-refractivity contribution >= 4 is 5.69 Å². The quantitative estimate of drug-likeness (QED) is 0.533. The SMILES string of the molecule is C=CCN(c1ccccc1)C1CC2CCC(C1)N2CCC(C)c1ccccc1. The van der Waals surface area contributed by atoms with E-state index >= 15 is 0 Å². The molecule has 148 valence electrons. The van der Waals surface area contributed by atoms with Crippen LogP contribution in [0, 0.1) is 0 Å². The molecule has 0 radical (unpaired) electrons. The van der Waals surface area contributed by atoms with Crippen LogP contribution in [0.4, 0.5) is 5.69 Å². The van der Waals surface area contributed by atoms with Crippen LogP contribution in [0.25, 0.3) is 0 Å². The average Bonchev–Trinajstić information content (AvgIpc) is 2.98. The normalized spacial score (nSPS) is 25.4. The molecule has 2 aromatic rings. The third-order valence-corrected chi connectivity index (χ3v) is 6.90. The van der Waals surface area contributed by atoms with Gasteiger partial charge in [0.25, 0.3) is 0 Å². The molecule has 2 nitrogen and oxygen atoms in total. The van der Waals surface area contributed by atoms with Gasteiger partial charge in [0.2, 0.25) is 0 Å². The lowest BCUT2D eigenvalue weighted by Crippen LogP contribution is -2.51. The second kappa shape index (κ2) is 8.96. The topological polar surface area (TPSA) is 6.48 Å². The van der Waals surface area contributed by atoms with Crippen LogP contribution >= 0.6 is 0 Å². The first-order valence-electron chi connectivity index (χ1n) is 11.0. The van der Waals surface area contributed by atoms with Crippen LogP contribution in [-0.2, 0) is 0 Å². The van der Waals surface area contributed by atoms with E-state index in [4.69, 9.17) is 0 Å². The molecule has 3 unspecified atom stereocenters. The summed E-state index contributed by atoms with van der Waals surface area (Å²) in [7, 11) is 0. The minimum absolute atomic E-state index is 0.639. The summed E-state index contributed by atoms with van der Waals surface area (Å²) in [5, 5.41) is 0. The predicted molar refractivity (Wildman–Crippen MR) is 120 cm³/mol. The minimum atomic E-state index is 0.639. The highest BCUT2D eigenvalue weighted by molar-refractivity contribution is 5.48. The molecule has 0 aliphatic carbocycles. The standard InChI is InChI=1S/C26H34N2/c1-3-17-27(23-12-8-5-9-13-23)26-19-24-14-15-25(20-26)28(24)18-16-21(2)22-10-6-4-7-11-22/h3-13,21,24-26H,1,14-20H2,2H3. The van der Waals surface area contributed by atoms with Gasteiger partial charge in [0.05, 0.1) is 0 Å². The molecule has 2 heterocycles. The molecule has 0 N–H and O–H groups in total. The van der Waals surface area contributed by atoms with Gasteiger partial charge < -0.3 is 4.90 Å². The first-order chi connectivity index (χ1) is 13.8. The average molecular weight is 375 g/mol. The smallest absolute Gasteiger partial charge is 0.0371 e. The highest BCUT2D eigenvalue weighted by Gasteiger charge is 2.42. The lowest BCUT2D eigenvalue weighted by molar-refractivity contribution is 0.122. The second-order valence-corrected chi connectivity index (χ2v) is 8.63. The van der Waals surface area contributed by atoms with Crippen LogP contribution in [0.1, 0.15) is 50.5 Å². The van der Waals surface area contributed by atoms with Crippen molar-refractivity contribution in [2.24, 2.45) is 0 Å². The molecule has 2 aliphatic rings. The van der Waals surface area contributed by atoms with Crippen LogP contribution in [0.3, 0.4) is 0 Å². The van der Waals surface area contributed by atoms with E-state index < -0.39 is 0 Å². The molecular formula is C26H34N2. The van der Waals surface area contributed by atoms with E-state index in [9.17, 15) is 0 Å². The molecule has 3 atom stereocenters. The van der Waals surface area contributed by atoms with E-state index in [1.54, 1.807) is 0 Å². The van der Waals surface area contributed by atoms with Crippen molar-refractivity contribution in [3.8, 4) is 0 Å². The Labute approximate surface area is 170 Å². The fraction of sp³-hybridized carbons (Fsp3) is 0.462. The Morgan fingerprint density at radius 2 is 1.61 bits per heavy atom. The van der Waals surface area contributed by atoms with E-state index in [-0.39, 0.29) is 0 Å². The fourth-order valence-electron chi connectivity index (χ4n) is 5.38. The van der Waals surface area contributed by atoms with E-state index in [1.165, 1.54) is 49.9 Å². The van der Waals surface area contributed by atoms with E-state index in [2.05, 4.69) is 90.0 Å². The summed E-state index contributed by atoms with van der Waals surface area (Å²) in [4.78, 5) is 5.43. The largest absolute Gasteiger partial charge is 0.365 e. The molecule has 0 aromatic heterocycles. The Kier molecular flexibility index (Phi) is 6.17. The number of benzene rings is 2. The third-order valence-electron chi connectivity index (χ3n) is 6.90. The Balaban J connectivity index is 1.39. The summed E-state index contributed by atoms with van der Waals surface area (Å²) in [5.41, 5.74) is 2.82. The van der Waals surface area contributed by atoms with Crippen molar-refractivity contribution in [3.63, 3.8) is 0 Å². The Morgan fingerprint density at radius 1 is 1.00 bits per heavy atom. The zero-order valence-corrected chi connectivity index (χ0v) is 17.2. The van der Waals surface area contributed by atoms with Gasteiger partial charge in [0.1, 0.15) is 0 Å². The summed E-state index contributed by atoms with van der Waals surface area (Å²) in [6.45, 7) is 8.58. The summed E-state index contributed by atoms with van der Waals surface area (Å²) in [6, 6.07) is 24.1. The summed E-state index contributed by atoms with van der Waals surface area (Å²) in [5.74, 6) is 0.639. The van der Waals surface area contributed by atoms with Crippen molar-refractivity contribution in [1.29, 1.82) is 0 Å². The molecule has 2 aromatic carbocycles. The molecule has 0 saturated carbocycles. The monoisotopic (exact) mass is 374 g/mol. The van der Waals surface area contributed by atoms with Gasteiger partial charge in [-0.15, -0.1) is 6.58 Å². The van der Waals surface area contributed by atoms with E-state index in [0.29, 0.717) is 12.0 Å². The van der Waals surface area contributed by atoms with Crippen LogP contribution in [0.5, 0.6) is 0 Å². The van der Waals surface area contributed by atoms with Gasteiger partial charge in [-0.2, -0.15) is 0 Å². The number of nitrogens with zero attached hydrogens (tertiary/aromatic N) is 2. The zero-order chi connectivity index (χ0) is 19.3. The molecule has 28 heavy (non-hydrogen) atoms. The van der Waals surface area contributed by atoms with Crippen LogP contribution in [0.15, 0.2) is 73.3 Å². The van der Waals surface area contributed by atoms with Gasteiger partial charge in [-0.25, -0.2) is 0 Å². The summed E-state index contributed by atoms with van der Waals surface area (Å²) >= 11 is 0. The molecule has 2 aliphatic heterocycles. The number of para-hydroxylation sites is 1. The number of rotatable bonds is 8. The lowest BCUT2D eigenvalue weighted by Gasteiger charge is -2.44. The second-order valence-electron chi connectivity index (χ2n) is 8.63. The zero-order valence-electron chi connectivity index (χ0n) is 17.2. The maximum Gasteiger partial charge on any atom is 0.0371 e. The van der Waals surface area contributed by atoms with Gasteiger partial charge in [-0.3, -0.25) is 4.90 Å². The lowest BCUT2D eigenvalue weighted by atomic mass is 9.93. The number of hydrogen-bond acceptors (Lipinski definition) is 2. The summed E-state index contributed by atoms with van der Waals surface area (Å²) < 4.78 is 0. The summed E-state index contributed by atoms with van der Waals surface area (Å²) in [6.07, 6.45) is 8.65. The van der Waals surface area contributed by atoms with Crippen molar-refractivity contribution in [3.05, 3.63) is 78.9 Å². The fourth-order valence-corrected chi connectivity index (χ4v) is 5.38. The Hall–Kier alpha value is -2.06. The van der Waals surface area contributed by atoms with Crippen molar-refractivity contribution in [2.45, 2.75) is 63.1 Å². The van der Waals surface area contributed by atoms with Crippen LogP contribution in [0.2, 0.25) is 0 Å². The maximum absolute atomic E-state index is 4.02. The third kappa shape index (κ3) is 4.17. The van der Waals surface area contributed by atoms with Crippen molar-refractivity contribution < 1.29 is 0 Å². The number of fused-ring (bicyclic) bond motifs is 2. The molecule has 0 spiro atoms. The van der Waals surface area contributed by atoms with Crippen LogP contribution in [-0.4, -0.2) is 36.1 Å². The first-order valence-corrected chi connectivity index (χ1v) is 11.0. The highest BCUT2D eigenvalue weighted by atomic mass is 15.3. The van der Waals surface area contributed by atoms with E-state index in [0.717, 1.165) is 18.6 Å². The molecule has 2 saturated heterocycles. The molecule has 2 bridgehead atoms. The van der Waals surface area contributed by atoms with Crippen LogP contribution < -0.4 is 4.90 Å². The maximum atomic E-state index is 4.02. The number of anilines is 1. The van der Waals surface area contributed by atoms with Gasteiger partial charge in [-0.05, 0) is 62.3 Å². The minimum Gasteiger partial charge on any atom is -0.365 e. The molecular weight excluding hydrogens is 340 g/mol. The van der Waals surface area contributed by atoms with Gasteiger partial charge in [-0.1, -0.05) is 61.5 Å². The van der Waals surface area contributed by atoms with Gasteiger partial charge >= 0.3 is 0 Å². The van der Waals surface area contributed by atoms with Gasteiger partial charge in [0.15, 0.2) is 0 Å². The molecule has 2 fully saturated rings. The van der Waals surface area contributed by atoms with Crippen molar-refractivity contribution in [2.75, 3.05) is 18.0 Å². The molecule has 2 heteroatoms. The Bertz CT molecular complexity index is 728.